The van der Waals surface area contributed by atoms with E-state index in [4.69, 9.17) is 9.15 Å². The number of carbonyl (C=O) groups is 1. The van der Waals surface area contributed by atoms with Crippen LogP contribution in [-0.2, 0) is 11.3 Å². The molecule has 2 aromatic heterocycles. The zero-order valence-electron chi connectivity index (χ0n) is 15.7. The first-order valence-electron chi connectivity index (χ1n) is 8.95. The van der Waals surface area contributed by atoms with Crippen molar-refractivity contribution in [1.82, 2.24) is 4.98 Å². The lowest BCUT2D eigenvalue weighted by atomic mass is 10.1. The molecule has 0 spiro atoms. The first-order valence-corrected chi connectivity index (χ1v) is 8.95. The molecule has 0 radical (unpaired) electrons. The molecule has 2 heterocycles. The number of aliphatic hydroxyl groups excluding tert-OH is 1. The molecule has 0 saturated carbocycles. The number of ether oxygens (including phenoxy) is 1. The van der Waals surface area contributed by atoms with Gasteiger partial charge in [0.25, 0.3) is 0 Å². The van der Waals surface area contributed by atoms with E-state index in [1.165, 1.54) is 0 Å². The van der Waals surface area contributed by atoms with Crippen molar-refractivity contribution in [3.8, 4) is 5.75 Å². The molecule has 0 fully saturated rings. The van der Waals surface area contributed by atoms with Crippen LogP contribution in [0.1, 0.15) is 40.5 Å². The van der Waals surface area contributed by atoms with Crippen molar-refractivity contribution in [3.05, 3.63) is 87.7 Å². The van der Waals surface area contributed by atoms with Gasteiger partial charge in [-0.25, -0.2) is 4.79 Å². The molecule has 3 rings (SSSR count). The fourth-order valence-corrected chi connectivity index (χ4v) is 2.73. The summed E-state index contributed by atoms with van der Waals surface area (Å²) in [6.45, 7) is 1.51. The largest absolute Gasteiger partial charge is 0.502 e. The van der Waals surface area contributed by atoms with Crippen LogP contribution in [0.2, 0.25) is 0 Å². The highest BCUT2D eigenvalue weighted by atomic mass is 16.5. The molecular weight excluding hydrogens is 376 g/mol. The lowest BCUT2D eigenvalue weighted by molar-refractivity contribution is 0.0526. The highest BCUT2D eigenvalue weighted by Crippen LogP contribution is 2.30. The fraction of sp³-hybridized carbons (Fsp3) is 0.190. The Balaban J connectivity index is 1.99. The highest BCUT2D eigenvalue weighted by Gasteiger charge is 2.24. The Morgan fingerprint density at radius 1 is 1.24 bits per heavy atom. The average molecular weight is 396 g/mol. The number of anilines is 1. The number of rotatable bonds is 7. The topological polar surface area (TPSA) is 122 Å². The third kappa shape index (κ3) is 4.61. The summed E-state index contributed by atoms with van der Waals surface area (Å²) in [4.78, 5) is 28.2. The molecule has 3 aromatic rings. The number of esters is 1. The summed E-state index contributed by atoms with van der Waals surface area (Å²) in [5.74, 6) is -1.06. The van der Waals surface area contributed by atoms with Crippen LogP contribution < -0.4 is 10.7 Å². The number of carbonyl (C=O) groups excluding carboxylic acids is 1. The number of benzene rings is 1. The quantitative estimate of drug-likeness (QED) is 0.521. The fourth-order valence-electron chi connectivity index (χ4n) is 2.73. The van der Waals surface area contributed by atoms with Gasteiger partial charge in [-0.3, -0.25) is 9.78 Å². The van der Waals surface area contributed by atoms with Crippen LogP contribution in [0.25, 0.3) is 0 Å². The minimum Gasteiger partial charge on any atom is -0.502 e. The molecule has 8 nitrogen and oxygen atoms in total. The van der Waals surface area contributed by atoms with E-state index in [2.05, 4.69) is 10.3 Å². The van der Waals surface area contributed by atoms with Crippen LogP contribution in [0.5, 0.6) is 5.75 Å². The molecule has 0 bridgehead atoms. The van der Waals surface area contributed by atoms with Crippen LogP contribution >= 0.6 is 0 Å². The molecule has 3 N–H and O–H groups in total. The second kappa shape index (κ2) is 9.03. The Morgan fingerprint density at radius 2 is 2.00 bits per heavy atom. The number of pyridine rings is 1. The summed E-state index contributed by atoms with van der Waals surface area (Å²) in [6.07, 6.45) is 1.57. The maximum absolute atomic E-state index is 12.1. The lowest BCUT2D eigenvalue weighted by Crippen LogP contribution is -2.17. The van der Waals surface area contributed by atoms with Crippen LogP contribution in [0.3, 0.4) is 0 Å². The van der Waals surface area contributed by atoms with Crippen molar-refractivity contribution < 1.29 is 24.2 Å². The van der Waals surface area contributed by atoms with Crippen molar-refractivity contribution >= 4 is 11.7 Å². The van der Waals surface area contributed by atoms with Gasteiger partial charge in [-0.15, -0.1) is 0 Å². The van der Waals surface area contributed by atoms with Gasteiger partial charge >= 0.3 is 5.97 Å². The number of nitrogens with one attached hydrogen (secondary N) is 1. The predicted octanol–water partition coefficient (Wildman–Crippen LogP) is 2.61. The standard InChI is InChI=1S/C21H20N2O6/c1-2-28-21(27)13-6-8-14(9-7-13)23-18(16-5-3-4-10-22-16)20-19(26)17(25)11-15(12-24)29-20/h3-11,18,23-24,26H,2,12H2,1H3. The van der Waals surface area contributed by atoms with Crippen molar-refractivity contribution in [2.24, 2.45) is 0 Å². The molecule has 29 heavy (non-hydrogen) atoms. The Bertz CT molecular complexity index is 1030. The molecule has 1 unspecified atom stereocenters. The molecule has 0 aliphatic heterocycles. The Labute approximate surface area is 166 Å². The maximum Gasteiger partial charge on any atom is 0.338 e. The van der Waals surface area contributed by atoms with Crippen LogP contribution in [0, 0.1) is 0 Å². The summed E-state index contributed by atoms with van der Waals surface area (Å²) in [6, 6.07) is 11.9. The zero-order chi connectivity index (χ0) is 20.8. The van der Waals surface area contributed by atoms with Crippen LogP contribution in [0.4, 0.5) is 5.69 Å². The van der Waals surface area contributed by atoms with Crippen molar-refractivity contribution in [1.29, 1.82) is 0 Å². The molecule has 0 amide bonds. The van der Waals surface area contributed by atoms with Gasteiger partial charge in [0.1, 0.15) is 18.4 Å². The molecule has 1 atom stereocenters. The van der Waals surface area contributed by atoms with E-state index in [1.54, 1.807) is 55.6 Å². The third-order valence-electron chi connectivity index (χ3n) is 4.11. The van der Waals surface area contributed by atoms with E-state index in [-0.39, 0.29) is 18.1 Å². The van der Waals surface area contributed by atoms with Gasteiger partial charge < -0.3 is 24.7 Å². The average Bonchev–Trinajstić information content (AvgIpc) is 2.75. The lowest BCUT2D eigenvalue weighted by Gasteiger charge is -2.20. The van der Waals surface area contributed by atoms with Crippen molar-refractivity contribution in [3.63, 3.8) is 0 Å². The molecule has 0 saturated heterocycles. The van der Waals surface area contributed by atoms with Gasteiger partial charge in [-0.1, -0.05) is 6.07 Å². The van der Waals surface area contributed by atoms with Gasteiger partial charge in [-0.05, 0) is 43.3 Å². The molecule has 150 valence electrons. The minimum absolute atomic E-state index is 0.0168. The predicted molar refractivity (Wildman–Crippen MR) is 105 cm³/mol. The third-order valence-corrected chi connectivity index (χ3v) is 4.11. The molecule has 0 aliphatic rings. The summed E-state index contributed by atoms with van der Waals surface area (Å²) in [7, 11) is 0. The first-order chi connectivity index (χ1) is 14.0. The number of hydrogen-bond acceptors (Lipinski definition) is 8. The second-order valence-corrected chi connectivity index (χ2v) is 6.08. The van der Waals surface area contributed by atoms with Gasteiger partial charge in [0.15, 0.2) is 5.76 Å². The van der Waals surface area contributed by atoms with E-state index in [1.807, 2.05) is 0 Å². The van der Waals surface area contributed by atoms with E-state index >= 15 is 0 Å². The molecule has 8 heteroatoms. The van der Waals surface area contributed by atoms with E-state index in [0.29, 0.717) is 16.9 Å². The van der Waals surface area contributed by atoms with E-state index in [0.717, 1.165) is 6.07 Å². The van der Waals surface area contributed by atoms with Crippen LogP contribution in [0.15, 0.2) is 63.9 Å². The van der Waals surface area contributed by atoms with Crippen molar-refractivity contribution in [2.75, 3.05) is 11.9 Å². The summed E-state index contributed by atoms with van der Waals surface area (Å²) in [5.41, 5.74) is 0.791. The van der Waals surface area contributed by atoms with Gasteiger partial charge in [0.05, 0.1) is 17.9 Å². The molecule has 1 aromatic carbocycles. The number of hydrogen-bond donors (Lipinski definition) is 3. The smallest absolute Gasteiger partial charge is 0.338 e. The summed E-state index contributed by atoms with van der Waals surface area (Å²) >= 11 is 0. The SMILES string of the molecule is CCOC(=O)c1ccc(NC(c2ccccn2)c2oc(CO)cc(=O)c2O)cc1. The Hall–Kier alpha value is -3.65. The summed E-state index contributed by atoms with van der Waals surface area (Å²) < 4.78 is 10.5. The monoisotopic (exact) mass is 396 g/mol. The van der Waals surface area contributed by atoms with E-state index in [9.17, 15) is 19.8 Å². The maximum atomic E-state index is 12.1. The van der Waals surface area contributed by atoms with Gasteiger partial charge in [0, 0.05) is 18.0 Å². The summed E-state index contributed by atoms with van der Waals surface area (Å²) in [5, 5.41) is 22.8. The molecule has 0 aliphatic carbocycles. The Morgan fingerprint density at radius 3 is 2.62 bits per heavy atom. The van der Waals surface area contributed by atoms with Gasteiger partial charge in [-0.2, -0.15) is 0 Å². The first kappa shape index (κ1) is 20.1. The van der Waals surface area contributed by atoms with Crippen LogP contribution in [-0.4, -0.2) is 27.8 Å². The second-order valence-electron chi connectivity index (χ2n) is 6.08. The number of aromatic nitrogens is 1. The minimum atomic E-state index is -0.816. The highest BCUT2D eigenvalue weighted by molar-refractivity contribution is 5.89. The normalized spacial score (nSPS) is 11.7. The Kier molecular flexibility index (Phi) is 6.25. The van der Waals surface area contributed by atoms with Crippen molar-refractivity contribution in [2.45, 2.75) is 19.6 Å². The number of aliphatic hydroxyl groups is 1. The zero-order valence-corrected chi connectivity index (χ0v) is 15.7. The molecular formula is C21H20N2O6. The van der Waals surface area contributed by atoms with Gasteiger partial charge in [0.2, 0.25) is 11.2 Å². The van der Waals surface area contributed by atoms with E-state index < -0.39 is 29.8 Å². The number of aromatic hydroxyl groups is 1. The number of nitrogens with zero attached hydrogens (tertiary/aromatic N) is 1.